The zero-order valence-electron chi connectivity index (χ0n) is 8.44. The molecular weight excluding hydrogens is 301 g/mol. The maximum absolute atomic E-state index is 4.26. The molecule has 4 heteroatoms. The molecule has 0 bridgehead atoms. The number of nitrogens with one attached hydrogen (secondary N) is 1. The Balaban J connectivity index is 2.06. The standard InChI is InChI=1S/C11H12IN3/c1-15-7-6-13-11(15)8-14-10-5-3-2-4-9(10)12/h2-7,14H,8H2,1H3. The van der Waals surface area contributed by atoms with Gasteiger partial charge in [-0.3, -0.25) is 0 Å². The highest BCUT2D eigenvalue weighted by Crippen LogP contribution is 2.17. The second-order valence-corrected chi connectivity index (χ2v) is 4.45. The molecule has 0 unspecified atom stereocenters. The van der Waals surface area contributed by atoms with E-state index in [4.69, 9.17) is 0 Å². The number of anilines is 1. The number of aryl methyl sites for hydroxylation is 1. The number of hydrogen-bond donors (Lipinski definition) is 1. The Labute approximate surface area is 103 Å². The number of rotatable bonds is 3. The van der Waals surface area contributed by atoms with E-state index in [9.17, 15) is 0 Å². The molecule has 1 N–H and O–H groups in total. The van der Waals surface area contributed by atoms with Gasteiger partial charge in [-0.15, -0.1) is 0 Å². The van der Waals surface area contributed by atoms with Crippen molar-refractivity contribution in [1.29, 1.82) is 0 Å². The highest BCUT2D eigenvalue weighted by Gasteiger charge is 2.00. The normalized spacial score (nSPS) is 10.3. The highest BCUT2D eigenvalue weighted by molar-refractivity contribution is 14.1. The van der Waals surface area contributed by atoms with Gasteiger partial charge in [0.1, 0.15) is 5.82 Å². The van der Waals surface area contributed by atoms with E-state index in [1.807, 2.05) is 36.1 Å². The molecule has 15 heavy (non-hydrogen) atoms. The van der Waals surface area contributed by atoms with Gasteiger partial charge in [-0.2, -0.15) is 0 Å². The number of para-hydroxylation sites is 1. The third-order valence-corrected chi connectivity index (χ3v) is 3.17. The van der Waals surface area contributed by atoms with Gasteiger partial charge in [-0.25, -0.2) is 4.98 Å². The summed E-state index contributed by atoms with van der Waals surface area (Å²) in [6.07, 6.45) is 3.76. The summed E-state index contributed by atoms with van der Waals surface area (Å²) in [6.45, 7) is 0.753. The first-order valence-corrected chi connectivity index (χ1v) is 5.80. The Kier molecular flexibility index (Phi) is 3.25. The smallest absolute Gasteiger partial charge is 0.127 e. The molecule has 3 nitrogen and oxygen atoms in total. The number of benzene rings is 1. The van der Waals surface area contributed by atoms with E-state index in [1.165, 1.54) is 3.57 Å². The lowest BCUT2D eigenvalue weighted by atomic mass is 10.3. The van der Waals surface area contributed by atoms with E-state index < -0.39 is 0 Å². The molecule has 0 aliphatic heterocycles. The predicted molar refractivity (Wildman–Crippen MR) is 69.7 cm³/mol. The summed E-state index contributed by atoms with van der Waals surface area (Å²) in [7, 11) is 2.00. The topological polar surface area (TPSA) is 29.9 Å². The third-order valence-electron chi connectivity index (χ3n) is 2.23. The fourth-order valence-corrected chi connectivity index (χ4v) is 1.92. The van der Waals surface area contributed by atoms with Crippen LogP contribution in [0.5, 0.6) is 0 Å². The van der Waals surface area contributed by atoms with Crippen LogP contribution in [0.1, 0.15) is 5.82 Å². The van der Waals surface area contributed by atoms with Crippen LogP contribution in [0.3, 0.4) is 0 Å². The van der Waals surface area contributed by atoms with Gasteiger partial charge in [-0.05, 0) is 34.7 Å². The number of aromatic nitrogens is 2. The minimum Gasteiger partial charge on any atom is -0.377 e. The van der Waals surface area contributed by atoms with Crippen molar-refractivity contribution in [2.75, 3.05) is 5.32 Å². The van der Waals surface area contributed by atoms with E-state index in [-0.39, 0.29) is 0 Å². The summed E-state index contributed by atoms with van der Waals surface area (Å²) in [4.78, 5) is 4.26. The third kappa shape index (κ3) is 2.50. The van der Waals surface area contributed by atoms with E-state index in [0.29, 0.717) is 0 Å². The van der Waals surface area contributed by atoms with Gasteiger partial charge in [0.25, 0.3) is 0 Å². The molecular formula is C11H12IN3. The Bertz CT molecular complexity index is 451. The maximum Gasteiger partial charge on any atom is 0.127 e. The van der Waals surface area contributed by atoms with Crippen LogP contribution in [-0.2, 0) is 13.6 Å². The van der Waals surface area contributed by atoms with Crippen LogP contribution >= 0.6 is 22.6 Å². The Morgan fingerprint density at radius 3 is 2.87 bits per heavy atom. The molecule has 2 rings (SSSR count). The monoisotopic (exact) mass is 313 g/mol. The van der Waals surface area contributed by atoms with Crippen molar-refractivity contribution in [2.45, 2.75) is 6.54 Å². The van der Waals surface area contributed by atoms with E-state index in [0.717, 1.165) is 18.1 Å². The van der Waals surface area contributed by atoms with E-state index in [1.54, 1.807) is 0 Å². The molecule has 1 aromatic carbocycles. The van der Waals surface area contributed by atoms with Crippen LogP contribution in [-0.4, -0.2) is 9.55 Å². The molecule has 1 aromatic heterocycles. The molecule has 2 aromatic rings. The average Bonchev–Trinajstić information content (AvgIpc) is 2.63. The molecule has 78 valence electrons. The first-order valence-electron chi connectivity index (χ1n) is 4.72. The van der Waals surface area contributed by atoms with Crippen molar-refractivity contribution < 1.29 is 0 Å². The fraction of sp³-hybridized carbons (Fsp3) is 0.182. The van der Waals surface area contributed by atoms with Crippen LogP contribution in [0.25, 0.3) is 0 Å². The van der Waals surface area contributed by atoms with Gasteiger partial charge < -0.3 is 9.88 Å². The largest absolute Gasteiger partial charge is 0.377 e. The number of halogens is 1. The summed E-state index contributed by atoms with van der Waals surface area (Å²) < 4.78 is 3.24. The molecule has 0 atom stereocenters. The molecule has 0 amide bonds. The molecule has 0 saturated heterocycles. The zero-order chi connectivity index (χ0) is 10.7. The van der Waals surface area contributed by atoms with Crippen molar-refractivity contribution in [3.63, 3.8) is 0 Å². The van der Waals surface area contributed by atoms with Crippen LogP contribution in [0, 0.1) is 3.57 Å². The second-order valence-electron chi connectivity index (χ2n) is 3.29. The fourth-order valence-electron chi connectivity index (χ4n) is 1.35. The molecule has 0 aliphatic carbocycles. The van der Waals surface area contributed by atoms with Crippen LogP contribution in [0.15, 0.2) is 36.7 Å². The van der Waals surface area contributed by atoms with Crippen molar-refractivity contribution in [1.82, 2.24) is 9.55 Å². The van der Waals surface area contributed by atoms with Crippen LogP contribution in [0.2, 0.25) is 0 Å². The van der Waals surface area contributed by atoms with E-state index in [2.05, 4.69) is 45.0 Å². The second kappa shape index (κ2) is 4.65. The van der Waals surface area contributed by atoms with Crippen LogP contribution < -0.4 is 5.32 Å². The predicted octanol–water partition coefficient (Wildman–Crippen LogP) is 2.64. The van der Waals surface area contributed by atoms with Gasteiger partial charge in [0.15, 0.2) is 0 Å². The van der Waals surface area contributed by atoms with Crippen molar-refractivity contribution in [2.24, 2.45) is 7.05 Å². The summed E-state index contributed by atoms with van der Waals surface area (Å²) in [6, 6.07) is 8.22. The maximum atomic E-state index is 4.26. The van der Waals surface area contributed by atoms with Gasteiger partial charge in [0.05, 0.1) is 6.54 Å². The van der Waals surface area contributed by atoms with Crippen molar-refractivity contribution in [3.05, 3.63) is 46.1 Å². The first-order chi connectivity index (χ1) is 7.27. The Morgan fingerprint density at radius 2 is 2.20 bits per heavy atom. The van der Waals surface area contributed by atoms with Crippen molar-refractivity contribution in [3.8, 4) is 0 Å². The SMILES string of the molecule is Cn1ccnc1CNc1ccccc1I. The number of hydrogen-bond acceptors (Lipinski definition) is 2. The lowest BCUT2D eigenvalue weighted by Gasteiger charge is -2.07. The molecule has 1 heterocycles. The average molecular weight is 313 g/mol. The minimum atomic E-state index is 0.753. The molecule has 0 spiro atoms. The Morgan fingerprint density at radius 1 is 1.40 bits per heavy atom. The van der Waals surface area contributed by atoms with Crippen molar-refractivity contribution >= 4 is 28.3 Å². The zero-order valence-corrected chi connectivity index (χ0v) is 10.6. The van der Waals surface area contributed by atoms with Crippen LogP contribution in [0.4, 0.5) is 5.69 Å². The van der Waals surface area contributed by atoms with Gasteiger partial charge >= 0.3 is 0 Å². The lowest BCUT2D eigenvalue weighted by molar-refractivity contribution is 0.812. The summed E-state index contributed by atoms with van der Waals surface area (Å²) in [5.41, 5.74) is 1.15. The Hall–Kier alpha value is -1.04. The summed E-state index contributed by atoms with van der Waals surface area (Å²) in [5.74, 6) is 1.04. The first kappa shape index (κ1) is 10.5. The van der Waals surface area contributed by atoms with Gasteiger partial charge in [0, 0.05) is 28.7 Å². The van der Waals surface area contributed by atoms with Gasteiger partial charge in [-0.1, -0.05) is 12.1 Å². The summed E-state index contributed by atoms with van der Waals surface area (Å²) >= 11 is 2.32. The number of imidazole rings is 1. The molecule has 0 fully saturated rings. The molecule has 0 aliphatic rings. The molecule has 0 radical (unpaired) electrons. The van der Waals surface area contributed by atoms with E-state index >= 15 is 0 Å². The quantitative estimate of drug-likeness (QED) is 0.883. The lowest BCUT2D eigenvalue weighted by Crippen LogP contribution is -2.06. The highest BCUT2D eigenvalue weighted by atomic mass is 127. The minimum absolute atomic E-state index is 0.753. The van der Waals surface area contributed by atoms with Gasteiger partial charge in [0.2, 0.25) is 0 Å². The molecule has 0 saturated carbocycles. The summed E-state index contributed by atoms with van der Waals surface area (Å²) in [5, 5.41) is 3.37. The number of nitrogens with zero attached hydrogens (tertiary/aromatic N) is 2.